The van der Waals surface area contributed by atoms with E-state index < -0.39 is 0 Å². The van der Waals surface area contributed by atoms with E-state index in [1.54, 1.807) is 12.4 Å². The molecule has 0 unspecified atom stereocenters. The van der Waals surface area contributed by atoms with Gasteiger partial charge in [0.1, 0.15) is 0 Å². The van der Waals surface area contributed by atoms with Crippen molar-refractivity contribution in [3.05, 3.63) is 17.5 Å². The minimum absolute atomic E-state index is 0.00439. The SMILES string of the molecule is Cc1cn[nH]c1/C=N/NC(C)(C)C. The van der Waals surface area contributed by atoms with Crippen molar-refractivity contribution in [2.45, 2.75) is 33.2 Å². The monoisotopic (exact) mass is 180 g/mol. The molecule has 0 atom stereocenters. The van der Waals surface area contributed by atoms with Gasteiger partial charge in [-0.2, -0.15) is 10.2 Å². The topological polar surface area (TPSA) is 53.1 Å². The lowest BCUT2D eigenvalue weighted by Crippen LogP contribution is -2.31. The molecule has 2 N–H and O–H groups in total. The second-order valence-electron chi connectivity index (χ2n) is 4.09. The molecule has 1 heterocycles. The molecule has 0 radical (unpaired) electrons. The highest BCUT2D eigenvalue weighted by atomic mass is 15.3. The van der Waals surface area contributed by atoms with Gasteiger partial charge < -0.3 is 5.43 Å². The maximum Gasteiger partial charge on any atom is 0.0807 e. The van der Waals surface area contributed by atoms with E-state index in [0.717, 1.165) is 11.3 Å². The van der Waals surface area contributed by atoms with Crippen molar-refractivity contribution in [3.63, 3.8) is 0 Å². The van der Waals surface area contributed by atoms with E-state index in [-0.39, 0.29) is 5.54 Å². The Bertz CT molecular complexity index is 293. The van der Waals surface area contributed by atoms with Gasteiger partial charge in [0, 0.05) is 5.54 Å². The molecule has 0 aromatic carbocycles. The van der Waals surface area contributed by atoms with Crippen LogP contribution in [0.15, 0.2) is 11.3 Å². The summed E-state index contributed by atoms with van der Waals surface area (Å²) in [6, 6.07) is 0. The molecule has 0 bridgehead atoms. The van der Waals surface area contributed by atoms with Crippen molar-refractivity contribution in [2.75, 3.05) is 0 Å². The average molecular weight is 180 g/mol. The molecule has 1 aromatic rings. The third kappa shape index (κ3) is 3.27. The molecule has 4 nitrogen and oxygen atoms in total. The first-order valence-corrected chi connectivity index (χ1v) is 4.29. The summed E-state index contributed by atoms with van der Waals surface area (Å²) in [5, 5.41) is 10.8. The van der Waals surface area contributed by atoms with E-state index >= 15 is 0 Å². The molecule has 0 fully saturated rings. The summed E-state index contributed by atoms with van der Waals surface area (Å²) in [6.45, 7) is 8.17. The molecule has 72 valence electrons. The smallest absolute Gasteiger partial charge is 0.0807 e. The number of H-pyrrole nitrogens is 1. The average Bonchev–Trinajstić information content (AvgIpc) is 2.34. The summed E-state index contributed by atoms with van der Waals surface area (Å²) in [5.41, 5.74) is 5.05. The second kappa shape index (κ2) is 3.60. The van der Waals surface area contributed by atoms with Gasteiger partial charge >= 0.3 is 0 Å². The Morgan fingerprint density at radius 3 is 2.69 bits per heavy atom. The van der Waals surface area contributed by atoms with Crippen LogP contribution in [0.5, 0.6) is 0 Å². The Morgan fingerprint density at radius 2 is 2.23 bits per heavy atom. The van der Waals surface area contributed by atoms with Gasteiger partial charge in [-0.3, -0.25) is 5.10 Å². The number of nitrogens with one attached hydrogen (secondary N) is 2. The number of aryl methyl sites for hydroxylation is 1. The van der Waals surface area contributed by atoms with Crippen LogP contribution in [0.25, 0.3) is 0 Å². The van der Waals surface area contributed by atoms with Crippen LogP contribution < -0.4 is 5.43 Å². The van der Waals surface area contributed by atoms with Crippen LogP contribution >= 0.6 is 0 Å². The van der Waals surface area contributed by atoms with Crippen molar-refractivity contribution in [1.29, 1.82) is 0 Å². The lowest BCUT2D eigenvalue weighted by Gasteiger charge is -2.16. The lowest BCUT2D eigenvalue weighted by atomic mass is 10.1. The molecule has 0 spiro atoms. The van der Waals surface area contributed by atoms with E-state index in [2.05, 4.69) is 41.5 Å². The predicted molar refractivity (Wildman–Crippen MR) is 53.8 cm³/mol. The lowest BCUT2D eigenvalue weighted by molar-refractivity contribution is 0.442. The first-order valence-electron chi connectivity index (χ1n) is 4.29. The molecule has 0 amide bonds. The molecular weight excluding hydrogens is 164 g/mol. The normalized spacial score (nSPS) is 12.3. The maximum atomic E-state index is 4.10. The van der Waals surface area contributed by atoms with E-state index in [0.29, 0.717) is 0 Å². The molecule has 0 aliphatic rings. The number of aromatic nitrogens is 2. The van der Waals surface area contributed by atoms with Gasteiger partial charge in [-0.05, 0) is 33.3 Å². The van der Waals surface area contributed by atoms with Crippen LogP contribution in [0.4, 0.5) is 0 Å². The standard InChI is InChI=1S/C9H16N4/c1-7-5-10-12-8(7)6-11-13-9(2,3)4/h5-6,13H,1-4H3,(H,10,12)/b11-6+. The molecular formula is C9H16N4. The first kappa shape index (κ1) is 9.77. The van der Waals surface area contributed by atoms with Gasteiger partial charge in [-0.15, -0.1) is 0 Å². The fourth-order valence-corrected chi connectivity index (χ4v) is 0.778. The number of nitrogens with zero attached hydrogens (tertiary/aromatic N) is 2. The summed E-state index contributed by atoms with van der Waals surface area (Å²) < 4.78 is 0. The van der Waals surface area contributed by atoms with Gasteiger partial charge in [0.05, 0.1) is 18.1 Å². The van der Waals surface area contributed by atoms with E-state index in [4.69, 9.17) is 0 Å². The second-order valence-corrected chi connectivity index (χ2v) is 4.09. The van der Waals surface area contributed by atoms with Crippen molar-refractivity contribution < 1.29 is 0 Å². The largest absolute Gasteiger partial charge is 0.305 e. The van der Waals surface area contributed by atoms with Crippen molar-refractivity contribution >= 4 is 6.21 Å². The Labute approximate surface area is 78.4 Å². The Hall–Kier alpha value is -1.32. The summed E-state index contributed by atoms with van der Waals surface area (Å²) in [6.07, 6.45) is 3.52. The zero-order chi connectivity index (χ0) is 9.90. The van der Waals surface area contributed by atoms with Gasteiger partial charge in [0.2, 0.25) is 0 Å². The van der Waals surface area contributed by atoms with Crippen LogP contribution in [0.1, 0.15) is 32.0 Å². The fraction of sp³-hybridized carbons (Fsp3) is 0.556. The zero-order valence-electron chi connectivity index (χ0n) is 8.55. The molecule has 4 heteroatoms. The van der Waals surface area contributed by atoms with Gasteiger partial charge in [0.15, 0.2) is 0 Å². The zero-order valence-corrected chi connectivity index (χ0v) is 8.55. The molecule has 0 aliphatic heterocycles. The minimum atomic E-state index is 0.00439. The number of hydrazone groups is 1. The number of aromatic amines is 1. The Kier molecular flexibility index (Phi) is 2.70. The Balaban J connectivity index is 2.55. The van der Waals surface area contributed by atoms with E-state index in [9.17, 15) is 0 Å². The van der Waals surface area contributed by atoms with Crippen LogP contribution in [-0.4, -0.2) is 22.0 Å². The summed E-state index contributed by atoms with van der Waals surface area (Å²) in [5.74, 6) is 0. The van der Waals surface area contributed by atoms with Crippen LogP contribution in [0.2, 0.25) is 0 Å². The van der Waals surface area contributed by atoms with Crippen molar-refractivity contribution in [1.82, 2.24) is 15.6 Å². The van der Waals surface area contributed by atoms with Crippen LogP contribution in [0.3, 0.4) is 0 Å². The number of rotatable bonds is 2. The highest BCUT2D eigenvalue weighted by Crippen LogP contribution is 2.00. The van der Waals surface area contributed by atoms with E-state index in [1.165, 1.54) is 0 Å². The molecule has 1 aromatic heterocycles. The van der Waals surface area contributed by atoms with Gasteiger partial charge in [-0.1, -0.05) is 0 Å². The number of hydrogen-bond donors (Lipinski definition) is 2. The fourth-order valence-electron chi connectivity index (χ4n) is 0.778. The molecule has 0 aliphatic carbocycles. The quantitative estimate of drug-likeness (QED) is 0.534. The molecule has 1 rings (SSSR count). The van der Waals surface area contributed by atoms with Crippen LogP contribution in [0, 0.1) is 6.92 Å². The summed E-state index contributed by atoms with van der Waals surface area (Å²) in [4.78, 5) is 0. The predicted octanol–water partition coefficient (Wildman–Crippen LogP) is 1.44. The number of hydrogen-bond acceptors (Lipinski definition) is 3. The maximum absolute atomic E-state index is 4.10. The van der Waals surface area contributed by atoms with Crippen LogP contribution in [-0.2, 0) is 0 Å². The van der Waals surface area contributed by atoms with Crippen molar-refractivity contribution in [3.8, 4) is 0 Å². The Morgan fingerprint density at radius 1 is 1.54 bits per heavy atom. The summed E-state index contributed by atoms with van der Waals surface area (Å²) in [7, 11) is 0. The molecule has 0 saturated carbocycles. The summed E-state index contributed by atoms with van der Waals surface area (Å²) >= 11 is 0. The van der Waals surface area contributed by atoms with Gasteiger partial charge in [-0.25, -0.2) is 0 Å². The highest BCUT2D eigenvalue weighted by molar-refractivity contribution is 5.78. The molecule has 13 heavy (non-hydrogen) atoms. The van der Waals surface area contributed by atoms with Gasteiger partial charge in [0.25, 0.3) is 0 Å². The van der Waals surface area contributed by atoms with E-state index in [1.807, 2.05) is 6.92 Å². The minimum Gasteiger partial charge on any atom is -0.305 e. The third-order valence-electron chi connectivity index (χ3n) is 1.46. The highest BCUT2D eigenvalue weighted by Gasteiger charge is 2.05. The van der Waals surface area contributed by atoms with Crippen molar-refractivity contribution in [2.24, 2.45) is 5.10 Å². The first-order chi connectivity index (χ1) is 5.99. The molecule has 0 saturated heterocycles. The third-order valence-corrected chi connectivity index (χ3v) is 1.46.